The average molecular weight is 219 g/mol. The second-order valence-electron chi connectivity index (χ2n) is 4.83. The zero-order valence-electron chi connectivity index (χ0n) is 10.7. The van der Waals surface area contributed by atoms with E-state index in [9.17, 15) is 0 Å². The van der Waals surface area contributed by atoms with Crippen LogP contribution in [0.5, 0.6) is 0 Å². The number of nitrogens with one attached hydrogen (secondary N) is 1. The summed E-state index contributed by atoms with van der Waals surface area (Å²) in [6, 6.07) is 4.44. The number of rotatable bonds is 4. The molecular weight excluding hydrogens is 198 g/mol. The molecule has 1 aromatic rings. The molecule has 1 aliphatic carbocycles. The van der Waals surface area contributed by atoms with E-state index in [-0.39, 0.29) is 5.72 Å². The number of benzene rings is 1. The standard InChI is InChI=1S/C14H21NO/c1-5-16-14(6-7-14)15-13-11(3)8-10(2)9-12(13)4/h8-9,15H,5-7H2,1-4H3. The first kappa shape index (κ1) is 11.5. The molecule has 0 heterocycles. The molecule has 16 heavy (non-hydrogen) atoms. The quantitative estimate of drug-likeness (QED) is 0.782. The molecule has 0 aromatic heterocycles. The van der Waals surface area contributed by atoms with E-state index >= 15 is 0 Å². The van der Waals surface area contributed by atoms with Crippen LogP contribution in [0.3, 0.4) is 0 Å². The topological polar surface area (TPSA) is 21.3 Å². The fourth-order valence-electron chi connectivity index (χ4n) is 2.30. The van der Waals surface area contributed by atoms with Crippen LogP contribution in [-0.4, -0.2) is 12.3 Å². The van der Waals surface area contributed by atoms with Gasteiger partial charge < -0.3 is 10.1 Å². The Morgan fingerprint density at radius 3 is 2.19 bits per heavy atom. The minimum absolute atomic E-state index is 0.0699. The highest BCUT2D eigenvalue weighted by molar-refractivity contribution is 5.60. The first-order valence-electron chi connectivity index (χ1n) is 6.06. The molecule has 0 saturated heterocycles. The Bertz CT molecular complexity index is 371. The zero-order valence-corrected chi connectivity index (χ0v) is 10.7. The van der Waals surface area contributed by atoms with E-state index in [1.165, 1.54) is 22.4 Å². The summed E-state index contributed by atoms with van der Waals surface area (Å²) >= 11 is 0. The van der Waals surface area contributed by atoms with E-state index in [0.717, 1.165) is 19.4 Å². The van der Waals surface area contributed by atoms with Gasteiger partial charge in [0, 0.05) is 12.3 Å². The molecule has 1 saturated carbocycles. The molecule has 2 nitrogen and oxygen atoms in total. The van der Waals surface area contributed by atoms with Gasteiger partial charge in [-0.05, 0) is 51.7 Å². The summed E-state index contributed by atoms with van der Waals surface area (Å²) in [7, 11) is 0. The average Bonchev–Trinajstić information content (AvgIpc) is 2.93. The van der Waals surface area contributed by atoms with Crippen LogP contribution in [0.2, 0.25) is 0 Å². The van der Waals surface area contributed by atoms with Gasteiger partial charge in [0.1, 0.15) is 5.72 Å². The number of ether oxygens (including phenoxy) is 1. The third-order valence-electron chi connectivity index (χ3n) is 3.15. The van der Waals surface area contributed by atoms with Gasteiger partial charge in [-0.1, -0.05) is 17.7 Å². The van der Waals surface area contributed by atoms with Crippen molar-refractivity contribution < 1.29 is 4.74 Å². The van der Waals surface area contributed by atoms with Crippen LogP contribution in [0.1, 0.15) is 36.5 Å². The molecule has 1 N–H and O–H groups in total. The van der Waals surface area contributed by atoms with Crippen molar-refractivity contribution in [2.24, 2.45) is 0 Å². The van der Waals surface area contributed by atoms with Gasteiger partial charge >= 0.3 is 0 Å². The van der Waals surface area contributed by atoms with Gasteiger partial charge in [0.25, 0.3) is 0 Å². The van der Waals surface area contributed by atoms with Crippen LogP contribution in [0.15, 0.2) is 12.1 Å². The summed E-state index contributed by atoms with van der Waals surface area (Å²) in [6.07, 6.45) is 2.24. The van der Waals surface area contributed by atoms with E-state index in [0.29, 0.717) is 0 Å². The molecule has 1 fully saturated rings. The molecule has 88 valence electrons. The lowest BCUT2D eigenvalue weighted by Gasteiger charge is -2.22. The van der Waals surface area contributed by atoms with Crippen LogP contribution in [0.25, 0.3) is 0 Å². The first-order valence-corrected chi connectivity index (χ1v) is 6.06. The fraction of sp³-hybridized carbons (Fsp3) is 0.571. The molecule has 1 aliphatic rings. The molecule has 0 aliphatic heterocycles. The van der Waals surface area contributed by atoms with Crippen molar-refractivity contribution in [2.75, 3.05) is 11.9 Å². The molecule has 2 rings (SSSR count). The van der Waals surface area contributed by atoms with Gasteiger partial charge in [-0.2, -0.15) is 0 Å². The van der Waals surface area contributed by atoms with E-state index < -0.39 is 0 Å². The number of hydrogen-bond acceptors (Lipinski definition) is 2. The van der Waals surface area contributed by atoms with Gasteiger partial charge in [0.2, 0.25) is 0 Å². The Kier molecular flexibility index (Phi) is 2.94. The van der Waals surface area contributed by atoms with Crippen LogP contribution in [-0.2, 0) is 4.74 Å². The van der Waals surface area contributed by atoms with Gasteiger partial charge in [-0.15, -0.1) is 0 Å². The van der Waals surface area contributed by atoms with Crippen LogP contribution in [0, 0.1) is 20.8 Å². The van der Waals surface area contributed by atoms with Gasteiger partial charge in [0.05, 0.1) is 0 Å². The molecule has 0 radical (unpaired) electrons. The van der Waals surface area contributed by atoms with Crippen molar-refractivity contribution in [1.82, 2.24) is 0 Å². The predicted octanol–water partition coefficient (Wildman–Crippen LogP) is 3.55. The number of hydrogen-bond donors (Lipinski definition) is 1. The van der Waals surface area contributed by atoms with Gasteiger partial charge in [-0.3, -0.25) is 0 Å². The van der Waals surface area contributed by atoms with Crippen molar-refractivity contribution >= 4 is 5.69 Å². The lowest BCUT2D eigenvalue weighted by molar-refractivity contribution is 0.0631. The Morgan fingerprint density at radius 1 is 1.19 bits per heavy atom. The zero-order chi connectivity index (χ0) is 11.8. The highest BCUT2D eigenvalue weighted by Gasteiger charge is 2.44. The molecule has 1 aromatic carbocycles. The van der Waals surface area contributed by atoms with E-state index in [1.807, 2.05) is 0 Å². The Labute approximate surface area is 98.0 Å². The summed E-state index contributed by atoms with van der Waals surface area (Å²) in [5.41, 5.74) is 5.12. The minimum atomic E-state index is -0.0699. The maximum absolute atomic E-state index is 5.77. The van der Waals surface area contributed by atoms with Crippen LogP contribution >= 0.6 is 0 Å². The minimum Gasteiger partial charge on any atom is -0.357 e. The summed E-state index contributed by atoms with van der Waals surface area (Å²) in [5, 5.41) is 3.57. The van der Waals surface area contributed by atoms with Crippen molar-refractivity contribution in [3.8, 4) is 0 Å². The molecule has 2 heteroatoms. The highest BCUT2D eigenvalue weighted by Crippen LogP contribution is 2.41. The first-order chi connectivity index (χ1) is 7.56. The summed E-state index contributed by atoms with van der Waals surface area (Å²) in [4.78, 5) is 0. The Hall–Kier alpha value is -1.02. The normalized spacial score (nSPS) is 17.2. The smallest absolute Gasteiger partial charge is 0.139 e. The lowest BCUT2D eigenvalue weighted by Crippen LogP contribution is -2.26. The van der Waals surface area contributed by atoms with Crippen LogP contribution < -0.4 is 5.32 Å². The second-order valence-corrected chi connectivity index (χ2v) is 4.83. The van der Waals surface area contributed by atoms with Crippen molar-refractivity contribution in [3.05, 3.63) is 28.8 Å². The van der Waals surface area contributed by atoms with Gasteiger partial charge in [-0.25, -0.2) is 0 Å². The van der Waals surface area contributed by atoms with Crippen molar-refractivity contribution in [3.63, 3.8) is 0 Å². The lowest BCUT2D eigenvalue weighted by atomic mass is 10.0. The molecule has 0 unspecified atom stereocenters. The third kappa shape index (κ3) is 2.22. The highest BCUT2D eigenvalue weighted by atomic mass is 16.5. The maximum atomic E-state index is 5.77. The second kappa shape index (κ2) is 4.10. The van der Waals surface area contributed by atoms with E-state index in [1.54, 1.807) is 0 Å². The summed E-state index contributed by atoms with van der Waals surface area (Å²) < 4.78 is 5.77. The Balaban J connectivity index is 2.21. The molecular formula is C14H21NO. The van der Waals surface area contributed by atoms with E-state index in [2.05, 4.69) is 45.1 Å². The predicted molar refractivity (Wildman–Crippen MR) is 67.9 cm³/mol. The monoisotopic (exact) mass is 219 g/mol. The van der Waals surface area contributed by atoms with Crippen LogP contribution in [0.4, 0.5) is 5.69 Å². The Morgan fingerprint density at radius 2 is 1.75 bits per heavy atom. The maximum Gasteiger partial charge on any atom is 0.139 e. The van der Waals surface area contributed by atoms with Gasteiger partial charge in [0.15, 0.2) is 0 Å². The SMILES string of the molecule is CCOC1(Nc2c(C)cc(C)cc2C)CC1. The molecule has 0 amide bonds. The largest absolute Gasteiger partial charge is 0.357 e. The number of anilines is 1. The summed E-state index contributed by atoms with van der Waals surface area (Å²) in [5.74, 6) is 0. The summed E-state index contributed by atoms with van der Waals surface area (Å²) in [6.45, 7) is 9.28. The molecule has 0 atom stereocenters. The van der Waals surface area contributed by atoms with E-state index in [4.69, 9.17) is 4.74 Å². The van der Waals surface area contributed by atoms with Crippen molar-refractivity contribution in [1.29, 1.82) is 0 Å². The molecule has 0 spiro atoms. The van der Waals surface area contributed by atoms with Crippen molar-refractivity contribution in [2.45, 2.75) is 46.3 Å². The fourth-order valence-corrected chi connectivity index (χ4v) is 2.30. The third-order valence-corrected chi connectivity index (χ3v) is 3.15. The molecule has 0 bridgehead atoms. The number of aryl methyl sites for hydroxylation is 3.